The highest BCUT2D eigenvalue weighted by atomic mass is 79.9. The summed E-state index contributed by atoms with van der Waals surface area (Å²) in [7, 11) is 0. The molecule has 0 spiro atoms. The molecule has 0 fully saturated rings. The molecule has 0 nitrogen and oxygen atoms in total. The molecular weight excluding hydrogens is 260 g/mol. The van der Waals surface area contributed by atoms with Crippen molar-refractivity contribution in [2.24, 2.45) is 0 Å². The second kappa shape index (κ2) is 3.09. The average molecular weight is 265 g/mol. The number of rotatable bonds is 1. The number of halogens is 1. The molecule has 0 atom stereocenters. The molecule has 0 aliphatic heterocycles. The van der Waals surface area contributed by atoms with Gasteiger partial charge in [0.15, 0.2) is 0 Å². The summed E-state index contributed by atoms with van der Waals surface area (Å²) in [6.07, 6.45) is 2.12. The van der Waals surface area contributed by atoms with Gasteiger partial charge >= 0.3 is 0 Å². The second-order valence-corrected chi connectivity index (χ2v) is 5.51. The van der Waals surface area contributed by atoms with Crippen LogP contribution in [0.3, 0.4) is 0 Å². The molecule has 2 aromatic heterocycles. The van der Waals surface area contributed by atoms with Crippen molar-refractivity contribution in [2.75, 3.05) is 6.26 Å². The van der Waals surface area contributed by atoms with Crippen LogP contribution in [-0.2, 0) is 0 Å². The van der Waals surface area contributed by atoms with Crippen molar-refractivity contribution in [2.45, 2.75) is 4.90 Å². The Morgan fingerprint density at radius 2 is 2.00 bits per heavy atom. The van der Waals surface area contributed by atoms with E-state index >= 15 is 0 Å². The summed E-state index contributed by atoms with van der Waals surface area (Å²) in [6, 6.07) is 0. The molecule has 2 aromatic rings. The minimum absolute atomic E-state index is 1.24. The fourth-order valence-corrected chi connectivity index (χ4v) is 4.98. The van der Waals surface area contributed by atoms with E-state index in [1.54, 1.807) is 0 Å². The molecular formula is C7H5BrS3. The van der Waals surface area contributed by atoms with Crippen molar-refractivity contribution in [3.63, 3.8) is 0 Å². The van der Waals surface area contributed by atoms with Gasteiger partial charge in [0.25, 0.3) is 0 Å². The predicted molar refractivity (Wildman–Crippen MR) is 59.2 cm³/mol. The number of thioether (sulfide) groups is 1. The van der Waals surface area contributed by atoms with Crippen LogP contribution in [0.5, 0.6) is 0 Å². The first kappa shape index (κ1) is 8.10. The van der Waals surface area contributed by atoms with E-state index in [9.17, 15) is 0 Å². The van der Waals surface area contributed by atoms with Gasteiger partial charge in [-0.3, -0.25) is 0 Å². The molecule has 0 bridgehead atoms. The largest absolute Gasteiger partial charge is 0.140 e. The van der Waals surface area contributed by atoms with Gasteiger partial charge in [-0.15, -0.1) is 34.4 Å². The number of hydrogen-bond donors (Lipinski definition) is 0. The van der Waals surface area contributed by atoms with Crippen molar-refractivity contribution in [1.82, 2.24) is 0 Å². The van der Waals surface area contributed by atoms with Gasteiger partial charge in [0, 0.05) is 20.1 Å². The molecule has 0 unspecified atom stereocenters. The monoisotopic (exact) mass is 264 g/mol. The van der Waals surface area contributed by atoms with Gasteiger partial charge in [0.2, 0.25) is 0 Å². The second-order valence-electron chi connectivity index (χ2n) is 2.05. The number of hydrogen-bond acceptors (Lipinski definition) is 3. The topological polar surface area (TPSA) is 0 Å². The maximum absolute atomic E-state index is 3.52. The third-order valence-corrected chi connectivity index (χ3v) is 5.82. The van der Waals surface area contributed by atoms with Crippen molar-refractivity contribution >= 4 is 59.8 Å². The van der Waals surface area contributed by atoms with E-state index in [0.717, 1.165) is 0 Å². The molecule has 0 saturated heterocycles. The van der Waals surface area contributed by atoms with Crippen LogP contribution in [0.1, 0.15) is 0 Å². The zero-order valence-electron chi connectivity index (χ0n) is 5.76. The van der Waals surface area contributed by atoms with Crippen molar-refractivity contribution < 1.29 is 0 Å². The highest BCUT2D eigenvalue weighted by Crippen LogP contribution is 2.40. The van der Waals surface area contributed by atoms with E-state index in [0.29, 0.717) is 0 Å². The van der Waals surface area contributed by atoms with Crippen LogP contribution in [0.2, 0.25) is 0 Å². The standard InChI is InChI=1S/C7H5BrS3/c1-9-5-3-11-6-4(8)2-10-7(5)6/h2-3H,1H3. The van der Waals surface area contributed by atoms with E-state index < -0.39 is 0 Å². The van der Waals surface area contributed by atoms with Gasteiger partial charge in [0.1, 0.15) is 0 Å². The van der Waals surface area contributed by atoms with Crippen molar-refractivity contribution in [3.8, 4) is 0 Å². The minimum Gasteiger partial charge on any atom is -0.140 e. The molecule has 4 heteroatoms. The van der Waals surface area contributed by atoms with Crippen LogP contribution in [0, 0.1) is 0 Å². The van der Waals surface area contributed by atoms with Crippen LogP contribution >= 0.6 is 50.4 Å². The first-order valence-electron chi connectivity index (χ1n) is 3.01. The summed E-state index contributed by atoms with van der Waals surface area (Å²) in [6.45, 7) is 0. The Morgan fingerprint density at radius 3 is 2.73 bits per heavy atom. The molecule has 2 rings (SSSR count). The lowest BCUT2D eigenvalue weighted by atomic mass is 10.5. The Hall–Kier alpha value is 0.490. The zero-order chi connectivity index (χ0) is 7.84. The molecule has 0 aliphatic carbocycles. The summed E-state index contributed by atoms with van der Waals surface area (Å²) < 4.78 is 4.05. The van der Waals surface area contributed by atoms with Gasteiger partial charge < -0.3 is 0 Å². The van der Waals surface area contributed by atoms with E-state index in [1.165, 1.54) is 18.8 Å². The lowest BCUT2D eigenvalue weighted by molar-refractivity contribution is 1.73. The molecule has 0 radical (unpaired) electrons. The van der Waals surface area contributed by atoms with E-state index in [1.807, 2.05) is 34.4 Å². The SMILES string of the molecule is CSc1csc2c(Br)csc12. The molecule has 2 heterocycles. The van der Waals surface area contributed by atoms with Crippen LogP contribution in [0.4, 0.5) is 0 Å². The minimum atomic E-state index is 1.24. The lowest BCUT2D eigenvalue weighted by Gasteiger charge is -1.84. The lowest BCUT2D eigenvalue weighted by Crippen LogP contribution is -1.54. The highest BCUT2D eigenvalue weighted by molar-refractivity contribution is 9.10. The summed E-state index contributed by atoms with van der Waals surface area (Å²) in [5.74, 6) is 0. The smallest absolute Gasteiger partial charge is 0.0604 e. The third-order valence-electron chi connectivity index (χ3n) is 1.43. The molecule has 11 heavy (non-hydrogen) atoms. The molecule has 0 aromatic carbocycles. The Labute approximate surface area is 85.7 Å². The zero-order valence-corrected chi connectivity index (χ0v) is 9.79. The Kier molecular flexibility index (Phi) is 2.28. The first-order chi connectivity index (χ1) is 5.33. The molecule has 0 N–H and O–H groups in total. The van der Waals surface area contributed by atoms with E-state index in [-0.39, 0.29) is 0 Å². The maximum atomic E-state index is 3.52. The van der Waals surface area contributed by atoms with Gasteiger partial charge in [0.05, 0.1) is 9.40 Å². The number of fused-ring (bicyclic) bond motifs is 1. The van der Waals surface area contributed by atoms with Gasteiger partial charge in [-0.1, -0.05) is 0 Å². The molecule has 0 saturated carbocycles. The number of thiophene rings is 2. The Balaban J connectivity index is 2.77. The predicted octanol–water partition coefficient (Wildman–Crippen LogP) is 4.45. The van der Waals surface area contributed by atoms with Crippen LogP contribution in [0.15, 0.2) is 20.1 Å². The van der Waals surface area contributed by atoms with Gasteiger partial charge in [-0.05, 0) is 22.2 Å². The summed E-state index contributed by atoms with van der Waals surface area (Å²) in [4.78, 5) is 1.40. The van der Waals surface area contributed by atoms with Gasteiger partial charge in [-0.2, -0.15) is 0 Å². The summed E-state index contributed by atoms with van der Waals surface area (Å²) in [5.41, 5.74) is 0. The van der Waals surface area contributed by atoms with Crippen molar-refractivity contribution in [1.29, 1.82) is 0 Å². The average Bonchev–Trinajstić information content (AvgIpc) is 2.53. The fourth-order valence-electron chi connectivity index (χ4n) is 0.913. The molecule has 0 amide bonds. The van der Waals surface area contributed by atoms with Crippen LogP contribution < -0.4 is 0 Å². The molecule has 0 aliphatic rings. The quantitative estimate of drug-likeness (QED) is 0.686. The van der Waals surface area contributed by atoms with Crippen LogP contribution in [-0.4, -0.2) is 6.26 Å². The van der Waals surface area contributed by atoms with E-state index in [4.69, 9.17) is 0 Å². The maximum Gasteiger partial charge on any atom is 0.0604 e. The highest BCUT2D eigenvalue weighted by Gasteiger charge is 2.07. The van der Waals surface area contributed by atoms with Gasteiger partial charge in [-0.25, -0.2) is 0 Å². The Morgan fingerprint density at radius 1 is 1.27 bits per heavy atom. The Bertz CT molecular complexity index is 374. The van der Waals surface area contributed by atoms with Crippen LogP contribution in [0.25, 0.3) is 9.40 Å². The summed E-state index contributed by atoms with van der Waals surface area (Å²) in [5, 5.41) is 4.37. The first-order valence-corrected chi connectivity index (χ1v) is 6.79. The summed E-state index contributed by atoms with van der Waals surface area (Å²) >= 11 is 8.97. The van der Waals surface area contributed by atoms with E-state index in [2.05, 4.69) is 32.9 Å². The molecule has 58 valence electrons. The fraction of sp³-hybridized carbons (Fsp3) is 0.143. The normalized spacial score (nSPS) is 11.1. The third kappa shape index (κ3) is 1.26. The van der Waals surface area contributed by atoms with Crippen molar-refractivity contribution in [3.05, 3.63) is 15.2 Å².